The highest BCUT2D eigenvalue weighted by atomic mass is 16.6. The molecule has 0 amide bonds. The van der Waals surface area contributed by atoms with Crippen molar-refractivity contribution in [3.8, 4) is 0 Å². The first kappa shape index (κ1) is 62.8. The Morgan fingerprint density at radius 2 is 0.597 bits per heavy atom. The van der Waals surface area contributed by atoms with Crippen LogP contribution in [0.4, 0.5) is 0 Å². The van der Waals surface area contributed by atoms with E-state index in [0.29, 0.717) is 19.3 Å². The fourth-order valence-corrected chi connectivity index (χ4v) is 6.87. The lowest BCUT2D eigenvalue weighted by Gasteiger charge is -2.18. The van der Waals surface area contributed by atoms with Crippen molar-refractivity contribution in [2.45, 2.75) is 232 Å². The zero-order valence-corrected chi connectivity index (χ0v) is 43.1. The molecule has 0 radical (unpaired) electrons. The quantitative estimate of drug-likeness (QED) is 0.0262. The predicted molar refractivity (Wildman–Crippen MR) is 288 cm³/mol. The number of carbonyl (C=O) groups excluding carboxylic acids is 3. The van der Waals surface area contributed by atoms with Crippen molar-refractivity contribution in [1.29, 1.82) is 0 Å². The van der Waals surface area contributed by atoms with Crippen LogP contribution in [-0.2, 0) is 28.6 Å². The highest BCUT2D eigenvalue weighted by Crippen LogP contribution is 2.12. The van der Waals surface area contributed by atoms with E-state index in [2.05, 4.69) is 142 Å². The molecule has 378 valence electrons. The average molecular weight is 927 g/mol. The molecule has 0 saturated heterocycles. The van der Waals surface area contributed by atoms with Gasteiger partial charge in [-0.3, -0.25) is 14.4 Å². The van der Waals surface area contributed by atoms with Gasteiger partial charge in [-0.15, -0.1) is 0 Å². The summed E-state index contributed by atoms with van der Waals surface area (Å²) in [6.45, 7) is 6.38. The number of allylic oxidation sites excluding steroid dienone is 20. The number of rotatable bonds is 47. The summed E-state index contributed by atoms with van der Waals surface area (Å²) in [5.74, 6) is -1.02. The molecule has 0 N–H and O–H groups in total. The van der Waals surface area contributed by atoms with Crippen LogP contribution in [0.5, 0.6) is 0 Å². The number of hydrogen-bond acceptors (Lipinski definition) is 6. The Balaban J connectivity index is 4.55. The fourth-order valence-electron chi connectivity index (χ4n) is 6.87. The molecule has 6 heteroatoms. The standard InChI is InChI=1S/C61H98O6/c1-4-7-10-13-16-19-22-25-27-29-30-32-34-37-39-42-45-48-51-54-60(63)66-57-58(67-61(64)55-52-49-46-43-40-35-24-21-18-15-12-9-6-3)56-65-59(62)53-50-47-44-41-38-36-33-31-28-26-23-20-17-14-11-8-5-2/h8,11,16-17,19-21,24-28,30,32-33,36-37,39,41,44,58H,4-7,9-10,12-15,18,22-23,29,31,34-35,38,40,42-43,45-57H2,1-3H3/b11-8-,19-16-,20-17-,24-21-,27-25-,28-26-,32-30-,36-33-,39-37-,44-41-/t58-/m1/s1. The van der Waals surface area contributed by atoms with Gasteiger partial charge in [0.1, 0.15) is 13.2 Å². The predicted octanol–water partition coefficient (Wildman–Crippen LogP) is 18.1. The second-order valence-electron chi connectivity index (χ2n) is 17.4. The Morgan fingerprint density at radius 1 is 0.313 bits per heavy atom. The molecule has 6 nitrogen and oxygen atoms in total. The van der Waals surface area contributed by atoms with E-state index in [1.807, 2.05) is 0 Å². The molecule has 0 aliphatic carbocycles. The highest BCUT2D eigenvalue weighted by Gasteiger charge is 2.19. The van der Waals surface area contributed by atoms with Crippen molar-refractivity contribution in [3.05, 3.63) is 122 Å². The van der Waals surface area contributed by atoms with E-state index < -0.39 is 6.10 Å². The number of hydrogen-bond donors (Lipinski definition) is 0. The van der Waals surface area contributed by atoms with Crippen LogP contribution in [0.3, 0.4) is 0 Å². The van der Waals surface area contributed by atoms with Crippen LogP contribution in [0.2, 0.25) is 0 Å². The van der Waals surface area contributed by atoms with E-state index in [0.717, 1.165) is 116 Å². The molecule has 0 aliphatic rings. The summed E-state index contributed by atoms with van der Waals surface area (Å²) in [6.07, 6.45) is 74.7. The molecule has 0 bridgehead atoms. The molecular formula is C61H98O6. The van der Waals surface area contributed by atoms with Crippen molar-refractivity contribution in [1.82, 2.24) is 0 Å². The van der Waals surface area contributed by atoms with Crippen LogP contribution in [0, 0.1) is 0 Å². The molecule has 0 heterocycles. The number of ether oxygens (including phenoxy) is 3. The summed E-state index contributed by atoms with van der Waals surface area (Å²) in [5, 5.41) is 0. The summed E-state index contributed by atoms with van der Waals surface area (Å²) in [5.41, 5.74) is 0. The van der Waals surface area contributed by atoms with Gasteiger partial charge in [0, 0.05) is 19.3 Å². The number of carbonyl (C=O) groups is 3. The minimum Gasteiger partial charge on any atom is -0.462 e. The van der Waals surface area contributed by atoms with Crippen LogP contribution >= 0.6 is 0 Å². The molecule has 0 aromatic heterocycles. The summed E-state index contributed by atoms with van der Waals surface area (Å²) >= 11 is 0. The summed E-state index contributed by atoms with van der Waals surface area (Å²) in [4.78, 5) is 38.0. The molecule has 0 saturated carbocycles. The first-order valence-corrected chi connectivity index (χ1v) is 27.0. The maximum Gasteiger partial charge on any atom is 0.306 e. The zero-order chi connectivity index (χ0) is 48.6. The van der Waals surface area contributed by atoms with Gasteiger partial charge in [-0.1, -0.05) is 200 Å². The second-order valence-corrected chi connectivity index (χ2v) is 17.4. The molecule has 0 aromatic carbocycles. The Hall–Kier alpha value is -4.19. The minimum absolute atomic E-state index is 0.119. The van der Waals surface area contributed by atoms with Crippen LogP contribution in [0.1, 0.15) is 226 Å². The molecule has 0 rings (SSSR count). The van der Waals surface area contributed by atoms with Gasteiger partial charge >= 0.3 is 17.9 Å². The molecule has 0 unspecified atom stereocenters. The minimum atomic E-state index is -0.822. The van der Waals surface area contributed by atoms with Gasteiger partial charge in [0.2, 0.25) is 0 Å². The Bertz CT molecular complexity index is 1440. The summed E-state index contributed by atoms with van der Waals surface area (Å²) < 4.78 is 16.7. The van der Waals surface area contributed by atoms with Crippen molar-refractivity contribution < 1.29 is 28.6 Å². The molecular weight excluding hydrogens is 829 g/mol. The van der Waals surface area contributed by atoms with Gasteiger partial charge in [-0.25, -0.2) is 0 Å². The third-order valence-corrected chi connectivity index (χ3v) is 10.9. The van der Waals surface area contributed by atoms with E-state index in [-0.39, 0.29) is 37.5 Å². The Kier molecular flexibility index (Phi) is 51.0. The monoisotopic (exact) mass is 927 g/mol. The van der Waals surface area contributed by atoms with Gasteiger partial charge in [0.25, 0.3) is 0 Å². The van der Waals surface area contributed by atoms with Gasteiger partial charge in [0.05, 0.1) is 0 Å². The summed E-state index contributed by atoms with van der Waals surface area (Å²) in [6, 6.07) is 0. The van der Waals surface area contributed by atoms with Crippen molar-refractivity contribution in [3.63, 3.8) is 0 Å². The Labute approximate surface area is 412 Å². The van der Waals surface area contributed by atoms with E-state index in [1.54, 1.807) is 0 Å². The maximum absolute atomic E-state index is 12.8. The lowest BCUT2D eigenvalue weighted by Crippen LogP contribution is -2.30. The van der Waals surface area contributed by atoms with Crippen LogP contribution in [0.15, 0.2) is 122 Å². The van der Waals surface area contributed by atoms with E-state index in [1.165, 1.54) is 64.2 Å². The first-order chi connectivity index (χ1) is 33.0. The maximum atomic E-state index is 12.8. The highest BCUT2D eigenvalue weighted by molar-refractivity contribution is 5.71. The zero-order valence-electron chi connectivity index (χ0n) is 43.1. The smallest absolute Gasteiger partial charge is 0.306 e. The average Bonchev–Trinajstić information content (AvgIpc) is 3.33. The summed E-state index contributed by atoms with van der Waals surface area (Å²) in [7, 11) is 0. The van der Waals surface area contributed by atoms with Crippen molar-refractivity contribution in [2.75, 3.05) is 13.2 Å². The number of esters is 3. The van der Waals surface area contributed by atoms with Crippen molar-refractivity contribution >= 4 is 17.9 Å². The molecule has 0 aliphatic heterocycles. The van der Waals surface area contributed by atoms with Crippen LogP contribution < -0.4 is 0 Å². The van der Waals surface area contributed by atoms with Crippen molar-refractivity contribution in [2.24, 2.45) is 0 Å². The van der Waals surface area contributed by atoms with Gasteiger partial charge in [-0.2, -0.15) is 0 Å². The third kappa shape index (κ3) is 52.6. The van der Waals surface area contributed by atoms with Gasteiger partial charge < -0.3 is 14.2 Å². The molecule has 67 heavy (non-hydrogen) atoms. The molecule has 0 aromatic rings. The topological polar surface area (TPSA) is 78.9 Å². The lowest BCUT2D eigenvalue weighted by molar-refractivity contribution is -0.167. The Morgan fingerprint density at radius 3 is 1.03 bits per heavy atom. The van der Waals surface area contributed by atoms with Gasteiger partial charge in [0.15, 0.2) is 6.10 Å². The second kappa shape index (κ2) is 54.4. The number of unbranched alkanes of at least 4 members (excludes halogenated alkanes) is 16. The molecule has 1 atom stereocenters. The molecule has 0 spiro atoms. The third-order valence-electron chi connectivity index (χ3n) is 10.9. The lowest BCUT2D eigenvalue weighted by atomic mass is 10.1. The first-order valence-electron chi connectivity index (χ1n) is 27.0. The largest absolute Gasteiger partial charge is 0.462 e. The van der Waals surface area contributed by atoms with E-state index >= 15 is 0 Å². The van der Waals surface area contributed by atoms with E-state index in [9.17, 15) is 14.4 Å². The molecule has 0 fully saturated rings. The van der Waals surface area contributed by atoms with Crippen LogP contribution in [-0.4, -0.2) is 37.2 Å². The van der Waals surface area contributed by atoms with E-state index in [4.69, 9.17) is 14.2 Å². The fraction of sp³-hybridized carbons (Fsp3) is 0.623. The van der Waals surface area contributed by atoms with Crippen LogP contribution in [0.25, 0.3) is 0 Å². The SMILES string of the molecule is CC/C=C\C/C=C\C/C=C\C/C=C\C/C=C\CCCC(=O)OC[C@H](COC(=O)CCCCC/C=C\C/C=C\C/C=C\C/C=C\CCCCC)OC(=O)CCCCCCC/C=C\CCCCCC. The normalized spacial score (nSPS) is 13.1. The van der Waals surface area contributed by atoms with Gasteiger partial charge in [-0.05, 0) is 128 Å².